The minimum absolute atomic E-state index is 0.204. The highest BCUT2D eigenvalue weighted by Crippen LogP contribution is 2.55. The Morgan fingerprint density at radius 3 is 2.61 bits per heavy atom. The molecule has 6 rings (SSSR count). The summed E-state index contributed by atoms with van der Waals surface area (Å²) < 4.78 is 7.65. The summed E-state index contributed by atoms with van der Waals surface area (Å²) in [6.07, 6.45) is 8.35. The number of aryl methyl sites for hydroxylation is 1. The summed E-state index contributed by atoms with van der Waals surface area (Å²) in [5.41, 5.74) is 2.93. The normalized spacial score (nSPS) is 19.9. The van der Waals surface area contributed by atoms with Crippen LogP contribution in [0.4, 0.5) is 5.69 Å². The van der Waals surface area contributed by atoms with Gasteiger partial charge in [-0.05, 0) is 82.2 Å². The Balaban J connectivity index is 1.10. The first-order chi connectivity index (χ1) is 18.4. The Kier molecular flexibility index (Phi) is 6.55. The van der Waals surface area contributed by atoms with Crippen molar-refractivity contribution in [3.63, 3.8) is 0 Å². The van der Waals surface area contributed by atoms with Crippen LogP contribution >= 0.6 is 0 Å². The van der Waals surface area contributed by atoms with E-state index in [-0.39, 0.29) is 11.8 Å². The number of benzene rings is 1. The van der Waals surface area contributed by atoms with Crippen LogP contribution in [0.3, 0.4) is 0 Å². The van der Waals surface area contributed by atoms with Gasteiger partial charge in [-0.15, -0.1) is 0 Å². The van der Waals surface area contributed by atoms with Crippen molar-refractivity contribution in [2.24, 2.45) is 11.3 Å². The second kappa shape index (κ2) is 10.0. The van der Waals surface area contributed by atoms with Gasteiger partial charge in [0, 0.05) is 42.4 Å². The van der Waals surface area contributed by atoms with E-state index >= 15 is 0 Å². The standard InChI is InChI=1S/C29H36N6O3/c1-19-4-3-5-23(31-19)27(36)32-25-14-21-18-35(33-24(21)15-26(25)38-2)22-16-29(17-22)8-12-34(13-9-29)28(37)20-6-10-30-11-7-20/h3-5,14-15,18,20,22,30H,6-13,16-17H2,1-2H3,(H,32,36). The van der Waals surface area contributed by atoms with Crippen molar-refractivity contribution in [2.45, 2.75) is 51.5 Å². The summed E-state index contributed by atoms with van der Waals surface area (Å²) in [7, 11) is 1.59. The van der Waals surface area contributed by atoms with Crippen LogP contribution in [0.2, 0.25) is 0 Å². The van der Waals surface area contributed by atoms with Crippen LogP contribution in [0.25, 0.3) is 10.9 Å². The number of pyridine rings is 1. The maximum atomic E-state index is 12.9. The third-order valence-electron chi connectivity index (χ3n) is 8.75. The largest absolute Gasteiger partial charge is 0.494 e. The molecule has 2 saturated heterocycles. The minimum Gasteiger partial charge on any atom is -0.494 e. The number of rotatable bonds is 5. The average Bonchev–Trinajstić information content (AvgIpc) is 3.34. The van der Waals surface area contributed by atoms with Crippen molar-refractivity contribution in [2.75, 3.05) is 38.6 Å². The number of likely N-dealkylation sites (tertiary alicyclic amines) is 1. The molecule has 3 fully saturated rings. The second-order valence-electron chi connectivity index (χ2n) is 11.3. The fourth-order valence-corrected chi connectivity index (χ4v) is 6.44. The molecule has 2 aromatic heterocycles. The lowest BCUT2D eigenvalue weighted by molar-refractivity contribution is -0.140. The maximum absolute atomic E-state index is 12.9. The first-order valence-electron chi connectivity index (χ1n) is 13.7. The predicted molar refractivity (Wildman–Crippen MR) is 145 cm³/mol. The fraction of sp³-hybridized carbons (Fsp3) is 0.517. The van der Waals surface area contributed by atoms with Gasteiger partial charge in [0.15, 0.2) is 0 Å². The van der Waals surface area contributed by atoms with E-state index in [1.165, 1.54) is 0 Å². The van der Waals surface area contributed by atoms with Gasteiger partial charge in [-0.1, -0.05) is 6.07 Å². The molecule has 4 heterocycles. The van der Waals surface area contributed by atoms with Crippen LogP contribution in [0.5, 0.6) is 5.75 Å². The number of piperidine rings is 2. The Morgan fingerprint density at radius 1 is 1.13 bits per heavy atom. The van der Waals surface area contributed by atoms with Crippen LogP contribution in [0.15, 0.2) is 36.5 Å². The van der Waals surface area contributed by atoms with Crippen LogP contribution in [0, 0.1) is 18.3 Å². The van der Waals surface area contributed by atoms with E-state index in [0.717, 1.165) is 81.3 Å². The Bertz CT molecular complexity index is 1350. The lowest BCUT2D eigenvalue weighted by Crippen LogP contribution is -2.51. The van der Waals surface area contributed by atoms with Crippen LogP contribution < -0.4 is 15.4 Å². The molecule has 9 nitrogen and oxygen atoms in total. The number of nitrogens with one attached hydrogen (secondary N) is 2. The summed E-state index contributed by atoms with van der Waals surface area (Å²) in [6, 6.07) is 9.54. The van der Waals surface area contributed by atoms with E-state index in [1.54, 1.807) is 13.2 Å². The van der Waals surface area contributed by atoms with Gasteiger partial charge < -0.3 is 20.3 Å². The number of carbonyl (C=O) groups excluding carboxylic acids is 2. The Hall–Kier alpha value is -3.46. The minimum atomic E-state index is -0.273. The molecule has 1 aliphatic carbocycles. The molecule has 0 atom stereocenters. The molecular weight excluding hydrogens is 480 g/mol. The molecule has 2 aliphatic heterocycles. The number of hydrogen-bond donors (Lipinski definition) is 2. The fourth-order valence-electron chi connectivity index (χ4n) is 6.44. The zero-order valence-electron chi connectivity index (χ0n) is 22.2. The summed E-state index contributed by atoms with van der Waals surface area (Å²) >= 11 is 0. The molecule has 1 saturated carbocycles. The van der Waals surface area contributed by atoms with E-state index in [2.05, 4.69) is 31.4 Å². The maximum Gasteiger partial charge on any atom is 0.274 e. The molecule has 0 bridgehead atoms. The first kappa shape index (κ1) is 24.9. The van der Waals surface area contributed by atoms with Crippen molar-refractivity contribution < 1.29 is 14.3 Å². The molecule has 1 aromatic carbocycles. The first-order valence-corrected chi connectivity index (χ1v) is 13.7. The molecule has 200 valence electrons. The van der Waals surface area contributed by atoms with Crippen molar-refractivity contribution in [3.8, 4) is 5.75 Å². The van der Waals surface area contributed by atoms with Gasteiger partial charge in [0.05, 0.1) is 24.4 Å². The summed E-state index contributed by atoms with van der Waals surface area (Å²) in [4.78, 5) is 32.2. The third-order valence-corrected chi connectivity index (χ3v) is 8.75. The summed E-state index contributed by atoms with van der Waals surface area (Å²) in [5, 5.41) is 12.1. The van der Waals surface area contributed by atoms with Gasteiger partial charge in [0.2, 0.25) is 5.91 Å². The van der Waals surface area contributed by atoms with Crippen LogP contribution in [-0.2, 0) is 4.79 Å². The van der Waals surface area contributed by atoms with Gasteiger partial charge >= 0.3 is 0 Å². The van der Waals surface area contributed by atoms with Crippen molar-refractivity contribution in [3.05, 3.63) is 47.9 Å². The van der Waals surface area contributed by atoms with Crippen molar-refractivity contribution in [1.29, 1.82) is 0 Å². The van der Waals surface area contributed by atoms with E-state index in [9.17, 15) is 9.59 Å². The monoisotopic (exact) mass is 516 g/mol. The molecule has 3 aliphatic rings. The number of methoxy groups -OCH3 is 1. The van der Waals surface area contributed by atoms with Crippen molar-refractivity contribution in [1.82, 2.24) is 25.0 Å². The molecule has 38 heavy (non-hydrogen) atoms. The SMILES string of the molecule is COc1cc2nn(C3CC4(CCN(C(=O)C5CCNCC5)CC4)C3)cc2cc1NC(=O)c1cccc(C)n1. The topological polar surface area (TPSA) is 101 Å². The molecular formula is C29H36N6O3. The zero-order valence-corrected chi connectivity index (χ0v) is 22.2. The highest BCUT2D eigenvalue weighted by Gasteiger charge is 2.47. The predicted octanol–water partition coefficient (Wildman–Crippen LogP) is 3.94. The number of nitrogens with zero attached hydrogens (tertiary/aromatic N) is 4. The molecule has 1 spiro atoms. The number of aromatic nitrogens is 3. The smallest absolute Gasteiger partial charge is 0.274 e. The lowest BCUT2D eigenvalue weighted by atomic mass is 9.60. The van der Waals surface area contributed by atoms with E-state index in [1.807, 2.05) is 31.2 Å². The van der Waals surface area contributed by atoms with Gasteiger partial charge in [-0.3, -0.25) is 14.3 Å². The number of hydrogen-bond acceptors (Lipinski definition) is 6. The van der Waals surface area contributed by atoms with E-state index in [4.69, 9.17) is 9.84 Å². The van der Waals surface area contributed by atoms with Crippen LogP contribution in [-0.4, -0.2) is 64.8 Å². The molecule has 0 unspecified atom stereocenters. The van der Waals surface area contributed by atoms with E-state index in [0.29, 0.717) is 34.5 Å². The van der Waals surface area contributed by atoms with Crippen molar-refractivity contribution >= 4 is 28.4 Å². The zero-order chi connectivity index (χ0) is 26.3. The van der Waals surface area contributed by atoms with Gasteiger partial charge in [0.25, 0.3) is 5.91 Å². The van der Waals surface area contributed by atoms with E-state index < -0.39 is 0 Å². The van der Waals surface area contributed by atoms with Gasteiger partial charge in [-0.25, -0.2) is 4.98 Å². The summed E-state index contributed by atoms with van der Waals surface area (Å²) in [6.45, 7) is 5.54. The Labute approximate surface area is 222 Å². The number of fused-ring (bicyclic) bond motifs is 1. The molecule has 2 N–H and O–H groups in total. The quantitative estimate of drug-likeness (QED) is 0.533. The number of ether oxygens (including phenoxy) is 1. The van der Waals surface area contributed by atoms with Gasteiger partial charge in [0.1, 0.15) is 11.4 Å². The lowest BCUT2D eigenvalue weighted by Gasteiger charge is -2.52. The molecule has 3 aromatic rings. The number of carbonyl (C=O) groups is 2. The second-order valence-corrected chi connectivity index (χ2v) is 11.3. The highest BCUT2D eigenvalue weighted by atomic mass is 16.5. The molecule has 9 heteroatoms. The highest BCUT2D eigenvalue weighted by molar-refractivity contribution is 6.05. The third kappa shape index (κ3) is 4.75. The number of amides is 2. The molecule has 2 amide bonds. The Morgan fingerprint density at radius 2 is 1.89 bits per heavy atom. The summed E-state index contributed by atoms with van der Waals surface area (Å²) in [5.74, 6) is 0.866. The number of anilines is 1. The molecule has 0 radical (unpaired) electrons. The van der Waals surface area contributed by atoms with Crippen LogP contribution in [0.1, 0.15) is 60.7 Å². The average molecular weight is 517 g/mol. The van der Waals surface area contributed by atoms with Gasteiger partial charge in [-0.2, -0.15) is 5.10 Å².